The van der Waals surface area contributed by atoms with E-state index < -0.39 is 5.97 Å². The summed E-state index contributed by atoms with van der Waals surface area (Å²) in [5.74, 6) is -0.345. The summed E-state index contributed by atoms with van der Waals surface area (Å²) in [6.45, 7) is 2.04. The number of ether oxygens (including phenoxy) is 1. The number of hydrogen-bond donors (Lipinski definition) is 1. The molecule has 2 rings (SSSR count). The molecule has 0 saturated carbocycles. The third kappa shape index (κ3) is 1.85. The Kier molecular flexibility index (Phi) is 2.78. The van der Waals surface area contributed by atoms with Gasteiger partial charge in [-0.1, -0.05) is 15.9 Å². The number of rotatable bonds is 2. The monoisotopic (exact) mass is 284 g/mol. The highest BCUT2D eigenvalue weighted by molar-refractivity contribution is 9.10. The Labute approximate surface area is 99.5 Å². The van der Waals surface area contributed by atoms with E-state index in [0.29, 0.717) is 12.3 Å². The van der Waals surface area contributed by atoms with Crippen LogP contribution in [0.5, 0.6) is 0 Å². The van der Waals surface area contributed by atoms with Crippen molar-refractivity contribution in [2.45, 2.75) is 6.92 Å². The van der Waals surface area contributed by atoms with Crippen LogP contribution >= 0.6 is 15.9 Å². The van der Waals surface area contributed by atoms with Gasteiger partial charge in [0.1, 0.15) is 0 Å². The van der Waals surface area contributed by atoms with Crippen LogP contribution < -0.4 is 5.73 Å². The molecule has 0 fully saturated rings. The largest absolute Gasteiger partial charge is 0.461 e. The molecular weight excluding hydrogens is 276 g/mol. The first kappa shape index (κ1) is 10.9. The third-order valence-electron chi connectivity index (χ3n) is 1.90. The van der Waals surface area contributed by atoms with Gasteiger partial charge in [-0.2, -0.15) is 4.98 Å². The van der Waals surface area contributed by atoms with E-state index in [1.165, 1.54) is 4.52 Å². The predicted octanol–water partition coefficient (Wildman–Crippen LogP) is 1.25. The Balaban J connectivity index is 2.62. The lowest BCUT2D eigenvalue weighted by atomic mass is 10.3. The lowest BCUT2D eigenvalue weighted by Gasteiger charge is -2.03. The van der Waals surface area contributed by atoms with Gasteiger partial charge < -0.3 is 10.5 Å². The van der Waals surface area contributed by atoms with Crippen molar-refractivity contribution in [3.05, 3.63) is 22.3 Å². The van der Waals surface area contributed by atoms with Crippen LogP contribution in [0.2, 0.25) is 0 Å². The van der Waals surface area contributed by atoms with Crippen LogP contribution in [-0.2, 0) is 4.74 Å². The molecular formula is C9H9BrN4O2. The molecule has 0 atom stereocenters. The summed E-state index contributed by atoms with van der Waals surface area (Å²) in [6, 6.07) is 3.32. The summed E-state index contributed by atoms with van der Waals surface area (Å²) in [5, 5.41) is 3.92. The molecule has 0 aliphatic carbocycles. The van der Waals surface area contributed by atoms with Crippen LogP contribution in [0.15, 0.2) is 16.6 Å². The standard InChI is InChI=1S/C9H9BrN4O2/c1-2-16-8(15)6-3-5(10)4-7-12-9(11)13-14(6)7/h3-4H,2H2,1H3,(H2,11,13). The van der Waals surface area contributed by atoms with E-state index in [2.05, 4.69) is 26.0 Å². The van der Waals surface area contributed by atoms with Gasteiger partial charge in [0.05, 0.1) is 6.61 Å². The normalized spacial score (nSPS) is 10.6. The maximum Gasteiger partial charge on any atom is 0.357 e. The summed E-state index contributed by atoms with van der Waals surface area (Å²) in [7, 11) is 0. The zero-order valence-electron chi connectivity index (χ0n) is 8.48. The van der Waals surface area contributed by atoms with Crippen LogP contribution in [0.4, 0.5) is 5.95 Å². The Morgan fingerprint density at radius 1 is 1.62 bits per heavy atom. The minimum Gasteiger partial charge on any atom is -0.461 e. The van der Waals surface area contributed by atoms with E-state index in [9.17, 15) is 4.79 Å². The maximum atomic E-state index is 11.6. The van der Waals surface area contributed by atoms with E-state index >= 15 is 0 Å². The van der Waals surface area contributed by atoms with Gasteiger partial charge in [0.2, 0.25) is 5.95 Å². The Morgan fingerprint density at radius 2 is 2.38 bits per heavy atom. The molecule has 2 aromatic heterocycles. The second-order valence-electron chi connectivity index (χ2n) is 3.02. The van der Waals surface area contributed by atoms with Crippen molar-refractivity contribution in [1.82, 2.24) is 14.6 Å². The fraction of sp³-hybridized carbons (Fsp3) is 0.222. The fourth-order valence-electron chi connectivity index (χ4n) is 1.32. The number of fused-ring (bicyclic) bond motifs is 1. The van der Waals surface area contributed by atoms with Gasteiger partial charge >= 0.3 is 5.97 Å². The number of nitrogen functional groups attached to an aromatic ring is 1. The first-order chi connectivity index (χ1) is 7.61. The number of carbonyl (C=O) groups excluding carboxylic acids is 1. The molecule has 0 aromatic carbocycles. The van der Waals surface area contributed by atoms with Crippen LogP contribution in [0.3, 0.4) is 0 Å². The highest BCUT2D eigenvalue weighted by Gasteiger charge is 2.14. The number of pyridine rings is 1. The molecule has 7 heteroatoms. The highest BCUT2D eigenvalue weighted by atomic mass is 79.9. The molecule has 0 radical (unpaired) electrons. The number of nitrogens with zero attached hydrogens (tertiary/aromatic N) is 3. The van der Waals surface area contributed by atoms with E-state index in [1.54, 1.807) is 19.1 Å². The van der Waals surface area contributed by atoms with Gasteiger partial charge in [0.15, 0.2) is 11.3 Å². The first-order valence-corrected chi connectivity index (χ1v) is 5.40. The number of halogens is 1. The number of anilines is 1. The molecule has 0 spiro atoms. The van der Waals surface area contributed by atoms with Crippen molar-refractivity contribution >= 4 is 33.5 Å². The zero-order valence-corrected chi connectivity index (χ0v) is 10.1. The Morgan fingerprint density at radius 3 is 3.06 bits per heavy atom. The first-order valence-electron chi connectivity index (χ1n) is 4.60. The molecule has 0 saturated heterocycles. The van der Waals surface area contributed by atoms with Gasteiger partial charge in [-0.15, -0.1) is 5.10 Å². The Hall–Kier alpha value is -1.63. The van der Waals surface area contributed by atoms with Gasteiger partial charge in [-0.05, 0) is 19.1 Å². The van der Waals surface area contributed by atoms with Crippen LogP contribution in [0, 0.1) is 0 Å². The molecule has 0 unspecified atom stereocenters. The molecule has 2 N–H and O–H groups in total. The lowest BCUT2D eigenvalue weighted by Crippen LogP contribution is -2.11. The molecule has 0 bridgehead atoms. The minimum absolute atomic E-state index is 0.114. The molecule has 2 aromatic rings. The van der Waals surface area contributed by atoms with Gasteiger partial charge in [0, 0.05) is 4.47 Å². The topological polar surface area (TPSA) is 82.5 Å². The highest BCUT2D eigenvalue weighted by Crippen LogP contribution is 2.17. The summed E-state index contributed by atoms with van der Waals surface area (Å²) < 4.78 is 6.99. The summed E-state index contributed by atoms with van der Waals surface area (Å²) in [4.78, 5) is 15.6. The van der Waals surface area contributed by atoms with Crippen molar-refractivity contribution in [3.63, 3.8) is 0 Å². The second-order valence-corrected chi connectivity index (χ2v) is 3.93. The van der Waals surface area contributed by atoms with E-state index in [-0.39, 0.29) is 11.6 Å². The van der Waals surface area contributed by atoms with Crippen molar-refractivity contribution in [3.8, 4) is 0 Å². The van der Waals surface area contributed by atoms with Crippen molar-refractivity contribution in [1.29, 1.82) is 0 Å². The predicted molar refractivity (Wildman–Crippen MR) is 61.1 cm³/mol. The summed E-state index contributed by atoms with van der Waals surface area (Å²) >= 11 is 3.28. The minimum atomic E-state index is -0.460. The van der Waals surface area contributed by atoms with Crippen LogP contribution in [-0.4, -0.2) is 27.2 Å². The van der Waals surface area contributed by atoms with Crippen molar-refractivity contribution < 1.29 is 9.53 Å². The molecule has 84 valence electrons. The van der Waals surface area contributed by atoms with Gasteiger partial charge in [-0.3, -0.25) is 0 Å². The van der Waals surface area contributed by atoms with Crippen LogP contribution in [0.25, 0.3) is 5.65 Å². The number of hydrogen-bond acceptors (Lipinski definition) is 5. The number of carbonyl (C=O) groups is 1. The summed E-state index contributed by atoms with van der Waals surface area (Å²) in [5.41, 5.74) is 6.26. The number of aromatic nitrogens is 3. The van der Waals surface area contributed by atoms with E-state index in [1.807, 2.05) is 0 Å². The smallest absolute Gasteiger partial charge is 0.357 e. The third-order valence-corrected chi connectivity index (χ3v) is 2.36. The quantitative estimate of drug-likeness (QED) is 0.840. The van der Waals surface area contributed by atoms with Crippen molar-refractivity contribution in [2.75, 3.05) is 12.3 Å². The van der Waals surface area contributed by atoms with E-state index in [0.717, 1.165) is 4.47 Å². The second kappa shape index (κ2) is 4.09. The number of nitrogens with two attached hydrogens (primary N) is 1. The molecule has 6 nitrogen and oxygen atoms in total. The molecule has 0 aliphatic rings. The zero-order chi connectivity index (χ0) is 11.7. The molecule has 2 heterocycles. The molecule has 0 aliphatic heterocycles. The fourth-order valence-corrected chi connectivity index (χ4v) is 1.74. The number of esters is 1. The molecule has 16 heavy (non-hydrogen) atoms. The average Bonchev–Trinajstić information content (AvgIpc) is 2.57. The van der Waals surface area contributed by atoms with Gasteiger partial charge in [0.25, 0.3) is 0 Å². The lowest BCUT2D eigenvalue weighted by molar-refractivity contribution is 0.0516. The van der Waals surface area contributed by atoms with Gasteiger partial charge in [-0.25, -0.2) is 9.31 Å². The van der Waals surface area contributed by atoms with Crippen molar-refractivity contribution in [2.24, 2.45) is 0 Å². The van der Waals surface area contributed by atoms with Crippen LogP contribution in [0.1, 0.15) is 17.4 Å². The Bertz CT molecular complexity index is 552. The SMILES string of the molecule is CCOC(=O)c1cc(Br)cc2nc(N)nn12. The summed E-state index contributed by atoms with van der Waals surface area (Å²) in [6.07, 6.45) is 0. The average molecular weight is 285 g/mol. The molecule has 0 amide bonds. The van der Waals surface area contributed by atoms with E-state index in [4.69, 9.17) is 10.5 Å². The maximum absolute atomic E-state index is 11.6.